The number of aromatic nitrogens is 1. The van der Waals surface area contributed by atoms with Crippen LogP contribution in [0.5, 0.6) is 0 Å². The van der Waals surface area contributed by atoms with E-state index in [-0.39, 0.29) is 0 Å². The molecule has 0 unspecified atom stereocenters. The zero-order chi connectivity index (χ0) is 17.1. The van der Waals surface area contributed by atoms with E-state index in [0.717, 1.165) is 0 Å². The fraction of sp³-hybridized carbons (Fsp3) is 0.0435. The van der Waals surface area contributed by atoms with Crippen LogP contribution >= 0.6 is 11.3 Å². The van der Waals surface area contributed by atoms with Crippen LogP contribution in [0.1, 0.15) is 0 Å². The molecule has 0 saturated carbocycles. The van der Waals surface area contributed by atoms with Crippen LogP contribution in [0.2, 0.25) is 0 Å². The number of benzene rings is 2. The van der Waals surface area contributed by atoms with Crippen molar-refractivity contribution in [3.63, 3.8) is 0 Å². The summed E-state index contributed by atoms with van der Waals surface area (Å²) >= 11 is 1.83. The maximum atomic E-state index is 2.29. The molecular weight excluding hydrogens is 322 g/mol. The molecule has 0 amide bonds. The summed E-state index contributed by atoms with van der Waals surface area (Å²) < 4.78 is 2.17. The van der Waals surface area contributed by atoms with Gasteiger partial charge in [0.25, 0.3) is 0 Å². The molecule has 0 atom stereocenters. The van der Waals surface area contributed by atoms with E-state index in [9.17, 15) is 0 Å². The van der Waals surface area contributed by atoms with E-state index in [1.165, 1.54) is 32.1 Å². The van der Waals surface area contributed by atoms with Crippen LogP contribution in [0.3, 0.4) is 0 Å². The van der Waals surface area contributed by atoms with Gasteiger partial charge in [-0.3, -0.25) is 0 Å². The zero-order valence-corrected chi connectivity index (χ0v) is 14.9. The first kappa shape index (κ1) is 15.7. The Morgan fingerprint density at radius 3 is 1.64 bits per heavy atom. The molecular formula is C23H19NS+2. The van der Waals surface area contributed by atoms with Gasteiger partial charge in [-0.25, -0.2) is 4.57 Å². The van der Waals surface area contributed by atoms with Crippen molar-refractivity contribution in [1.29, 1.82) is 0 Å². The number of hydrogen-bond acceptors (Lipinski definition) is 0. The lowest BCUT2D eigenvalue weighted by Gasteiger charge is -2.01. The summed E-state index contributed by atoms with van der Waals surface area (Å²) in [5, 5.41) is 0. The van der Waals surface area contributed by atoms with Gasteiger partial charge in [0.15, 0.2) is 6.20 Å². The average molecular weight is 341 g/mol. The Balaban J connectivity index is 1.94. The van der Waals surface area contributed by atoms with Crippen LogP contribution in [0.15, 0.2) is 97.2 Å². The molecule has 0 aliphatic rings. The van der Waals surface area contributed by atoms with Crippen LogP contribution in [-0.4, -0.2) is 0 Å². The summed E-state index contributed by atoms with van der Waals surface area (Å²) in [6, 6.07) is 32.1. The van der Waals surface area contributed by atoms with Crippen LogP contribution in [-0.2, 0) is 7.05 Å². The van der Waals surface area contributed by atoms with Gasteiger partial charge in [-0.15, -0.1) is 0 Å². The van der Waals surface area contributed by atoms with Crippen molar-refractivity contribution >= 4 is 11.3 Å². The second kappa shape index (κ2) is 6.96. The van der Waals surface area contributed by atoms with Gasteiger partial charge >= 0.3 is 0 Å². The normalized spacial score (nSPS) is 10.6. The number of pyridine rings is 1. The van der Waals surface area contributed by atoms with Gasteiger partial charge in [0.05, 0.1) is 5.56 Å². The molecule has 4 aromatic rings. The third-order valence-electron chi connectivity index (χ3n) is 4.26. The summed E-state index contributed by atoms with van der Waals surface area (Å²) in [6.07, 6.45) is 2.09. The van der Waals surface area contributed by atoms with Gasteiger partial charge < -0.3 is 0 Å². The van der Waals surface area contributed by atoms with E-state index >= 15 is 0 Å². The molecule has 0 spiro atoms. The van der Waals surface area contributed by atoms with Gasteiger partial charge in [-0.1, -0.05) is 36.4 Å². The molecule has 0 fully saturated rings. The second-order valence-electron chi connectivity index (χ2n) is 6.00. The van der Waals surface area contributed by atoms with Gasteiger partial charge in [-0.2, -0.15) is 0 Å². The minimum absolute atomic E-state index is 1.21. The maximum Gasteiger partial charge on any atom is 0.239 e. The van der Waals surface area contributed by atoms with Crippen LogP contribution in [0.4, 0.5) is 0 Å². The molecule has 0 radical (unpaired) electrons. The first-order valence-electron chi connectivity index (χ1n) is 8.35. The van der Waals surface area contributed by atoms with E-state index in [0.29, 0.717) is 0 Å². The summed E-state index contributed by atoms with van der Waals surface area (Å²) in [5.74, 6) is 0. The molecule has 0 saturated heterocycles. The van der Waals surface area contributed by atoms with Crippen molar-refractivity contribution in [3.8, 4) is 32.1 Å². The van der Waals surface area contributed by atoms with Crippen LogP contribution in [0, 0.1) is 0 Å². The number of aryl methyl sites for hydroxylation is 1. The van der Waals surface area contributed by atoms with Crippen LogP contribution < -0.4 is 4.57 Å². The molecule has 25 heavy (non-hydrogen) atoms. The summed E-state index contributed by atoms with van der Waals surface area (Å²) in [4.78, 5) is 2.56. The molecule has 0 aliphatic carbocycles. The second-order valence-corrected chi connectivity index (χ2v) is 7.09. The Morgan fingerprint density at radius 1 is 0.600 bits per heavy atom. The van der Waals surface area contributed by atoms with Crippen molar-refractivity contribution in [2.45, 2.75) is 0 Å². The molecule has 1 nitrogen and oxygen atoms in total. The molecule has 0 bridgehead atoms. The lowest BCUT2D eigenvalue weighted by molar-refractivity contribution is -0.660. The third kappa shape index (κ3) is 3.35. The zero-order valence-electron chi connectivity index (χ0n) is 14.1. The van der Waals surface area contributed by atoms with Gasteiger partial charge in [0.1, 0.15) is 7.05 Å². The highest BCUT2D eigenvalue weighted by Gasteiger charge is 2.21. The monoisotopic (exact) mass is 341 g/mol. The van der Waals surface area contributed by atoms with Crippen molar-refractivity contribution in [1.82, 2.24) is 0 Å². The maximum absolute atomic E-state index is 2.29. The minimum atomic E-state index is 1.21. The quantitative estimate of drug-likeness (QED) is 0.325. The summed E-state index contributed by atoms with van der Waals surface area (Å²) in [6.45, 7) is 0. The molecule has 0 N–H and O–H groups in total. The fourth-order valence-corrected chi connectivity index (χ4v) is 4.08. The highest BCUT2D eigenvalue weighted by atomic mass is 32.1. The van der Waals surface area contributed by atoms with Crippen molar-refractivity contribution < 1.29 is 4.57 Å². The van der Waals surface area contributed by atoms with E-state index in [2.05, 4.69) is 109 Å². The SMILES string of the molecule is C[n+]1ccccc1-c1cc(-c2ccccc2)[s+]c(-c2ccccc2)c1. The lowest BCUT2D eigenvalue weighted by atomic mass is 10.1. The summed E-state index contributed by atoms with van der Waals surface area (Å²) in [5.41, 5.74) is 4.96. The average Bonchev–Trinajstić information content (AvgIpc) is 2.69. The third-order valence-corrected chi connectivity index (χ3v) is 5.41. The van der Waals surface area contributed by atoms with Crippen molar-refractivity contribution in [2.24, 2.45) is 7.05 Å². The van der Waals surface area contributed by atoms with E-state index < -0.39 is 0 Å². The molecule has 2 heteroatoms. The van der Waals surface area contributed by atoms with Crippen LogP contribution in [0.25, 0.3) is 32.1 Å². The van der Waals surface area contributed by atoms with Gasteiger partial charge in [-0.05, 0) is 30.3 Å². The molecule has 2 aromatic carbocycles. The number of nitrogens with zero attached hydrogens (tertiary/aromatic N) is 1. The predicted molar refractivity (Wildman–Crippen MR) is 106 cm³/mol. The topological polar surface area (TPSA) is 3.88 Å². The Morgan fingerprint density at radius 2 is 1.12 bits per heavy atom. The largest absolute Gasteiger partial charge is 0.239 e. The smallest absolute Gasteiger partial charge is 0.201 e. The standard InChI is InChI=1S/C23H19NS/c1-24-15-9-8-14-21(24)20-16-22(18-10-4-2-5-11-18)25-23(17-20)19-12-6-3-7-13-19/h2-17H,1H3/q+2. The molecule has 2 aromatic heterocycles. The highest BCUT2D eigenvalue weighted by Crippen LogP contribution is 2.36. The Hall–Kier alpha value is -2.84. The van der Waals surface area contributed by atoms with Crippen molar-refractivity contribution in [2.75, 3.05) is 0 Å². The van der Waals surface area contributed by atoms with E-state index in [4.69, 9.17) is 0 Å². The van der Waals surface area contributed by atoms with E-state index in [1.54, 1.807) is 0 Å². The number of rotatable bonds is 3. The molecule has 2 heterocycles. The Kier molecular flexibility index (Phi) is 4.36. The predicted octanol–water partition coefficient (Wildman–Crippen LogP) is 5.85. The summed E-state index contributed by atoms with van der Waals surface area (Å²) in [7, 11) is 2.09. The molecule has 120 valence electrons. The van der Waals surface area contributed by atoms with E-state index in [1.807, 2.05) is 11.3 Å². The van der Waals surface area contributed by atoms with Gasteiger partial charge in [0, 0.05) is 35.4 Å². The Bertz CT molecular complexity index is 937. The van der Waals surface area contributed by atoms with Gasteiger partial charge in [0.2, 0.25) is 26.8 Å². The minimum Gasteiger partial charge on any atom is -0.201 e. The molecule has 4 rings (SSSR count). The first-order chi connectivity index (χ1) is 12.3. The highest BCUT2D eigenvalue weighted by molar-refractivity contribution is 7.18. The fourth-order valence-electron chi connectivity index (χ4n) is 2.96. The first-order valence-corrected chi connectivity index (χ1v) is 9.17. The Labute approximate surface area is 152 Å². The number of hydrogen-bond donors (Lipinski definition) is 0. The van der Waals surface area contributed by atoms with Crippen molar-refractivity contribution in [3.05, 3.63) is 97.2 Å². The molecule has 0 aliphatic heterocycles. The lowest BCUT2D eigenvalue weighted by Crippen LogP contribution is -2.29.